The van der Waals surface area contributed by atoms with E-state index in [4.69, 9.17) is 10.5 Å². The van der Waals surface area contributed by atoms with Crippen LogP contribution in [0, 0.1) is 0 Å². The van der Waals surface area contributed by atoms with E-state index < -0.39 is 17.8 Å². The van der Waals surface area contributed by atoms with Gasteiger partial charge in [0.1, 0.15) is 11.6 Å². The minimum Gasteiger partial charge on any atom is -0.399 e. The summed E-state index contributed by atoms with van der Waals surface area (Å²) in [7, 11) is 1.74. The van der Waals surface area contributed by atoms with Crippen LogP contribution in [0.3, 0.4) is 0 Å². The van der Waals surface area contributed by atoms with E-state index in [1.54, 1.807) is 20.2 Å². The van der Waals surface area contributed by atoms with Gasteiger partial charge in [0.25, 0.3) is 0 Å². The first-order valence-electron chi connectivity index (χ1n) is 11.8. The summed E-state index contributed by atoms with van der Waals surface area (Å²) in [4.78, 5) is 27.8. The maximum atomic E-state index is 13.4. The van der Waals surface area contributed by atoms with E-state index in [9.17, 15) is 18.0 Å². The highest BCUT2D eigenvalue weighted by Gasteiger charge is 2.31. The molecule has 1 aliphatic heterocycles. The highest BCUT2D eigenvalue weighted by molar-refractivity contribution is 5.94. The Morgan fingerprint density at radius 3 is 2.65 bits per heavy atom. The molecule has 1 fully saturated rings. The topological polar surface area (TPSA) is 130 Å². The second kappa shape index (κ2) is 11.1. The van der Waals surface area contributed by atoms with Crippen molar-refractivity contribution in [3.63, 3.8) is 0 Å². The van der Waals surface area contributed by atoms with Crippen molar-refractivity contribution in [2.75, 3.05) is 61.2 Å². The Morgan fingerprint density at radius 2 is 1.95 bits per heavy atom. The Hall–Kier alpha value is -3.71. The standard InChI is InChI=1S/C24H29F3N8O2/c1-14(15-9-16(24(25,26)27)11-17(28)10-15)31-22-18-12-20(35-5-7-37-8-6-35)30-13-19(18)32-23(34-22)33-21(36)3-4-29-2/h9-14,29H,3-8,28H2,1-2H3,(H2,31,32,33,34,36). The molecule has 5 N–H and O–H groups in total. The molecule has 1 unspecified atom stereocenters. The molecule has 0 saturated carbocycles. The number of amides is 1. The van der Waals surface area contributed by atoms with E-state index in [1.807, 2.05) is 6.07 Å². The number of fused-ring (bicyclic) bond motifs is 1. The number of nitrogen functional groups attached to an aromatic ring is 1. The number of alkyl halides is 3. The van der Waals surface area contributed by atoms with E-state index >= 15 is 0 Å². The third kappa shape index (κ3) is 6.54. The van der Waals surface area contributed by atoms with Crippen molar-refractivity contribution in [3.05, 3.63) is 41.6 Å². The number of nitrogens with one attached hydrogen (secondary N) is 3. The number of pyridine rings is 1. The number of halogens is 3. The van der Waals surface area contributed by atoms with Crippen LogP contribution < -0.4 is 26.6 Å². The van der Waals surface area contributed by atoms with Crippen molar-refractivity contribution in [1.29, 1.82) is 0 Å². The van der Waals surface area contributed by atoms with E-state index in [0.29, 0.717) is 61.0 Å². The molecule has 1 atom stereocenters. The number of benzene rings is 1. The van der Waals surface area contributed by atoms with E-state index in [0.717, 1.165) is 12.1 Å². The van der Waals surface area contributed by atoms with Crippen molar-refractivity contribution in [1.82, 2.24) is 20.3 Å². The summed E-state index contributed by atoms with van der Waals surface area (Å²) >= 11 is 0. The molecule has 4 rings (SSSR count). The monoisotopic (exact) mass is 518 g/mol. The van der Waals surface area contributed by atoms with E-state index in [-0.39, 0.29) is 24.0 Å². The largest absolute Gasteiger partial charge is 0.416 e. The van der Waals surface area contributed by atoms with Crippen LogP contribution in [0.2, 0.25) is 0 Å². The number of ether oxygens (including phenoxy) is 1. The molecule has 1 saturated heterocycles. The Bertz CT molecular complexity index is 1260. The molecule has 2 aromatic heterocycles. The van der Waals surface area contributed by atoms with Gasteiger partial charge in [-0.3, -0.25) is 10.1 Å². The van der Waals surface area contributed by atoms with Crippen LogP contribution in [0.15, 0.2) is 30.5 Å². The fraction of sp³-hybridized carbons (Fsp3) is 0.417. The third-order valence-electron chi connectivity index (χ3n) is 5.91. The lowest BCUT2D eigenvalue weighted by atomic mass is 10.0. The minimum atomic E-state index is -4.53. The van der Waals surface area contributed by atoms with Crippen LogP contribution in [0.25, 0.3) is 10.9 Å². The number of anilines is 4. The fourth-order valence-corrected chi connectivity index (χ4v) is 3.96. The second-order valence-corrected chi connectivity index (χ2v) is 8.71. The third-order valence-corrected chi connectivity index (χ3v) is 5.91. The van der Waals surface area contributed by atoms with Gasteiger partial charge in [0.05, 0.1) is 36.5 Å². The first kappa shape index (κ1) is 26.4. The lowest BCUT2D eigenvalue weighted by molar-refractivity contribution is -0.137. The van der Waals surface area contributed by atoms with Gasteiger partial charge in [-0.05, 0) is 43.8 Å². The van der Waals surface area contributed by atoms with E-state index in [2.05, 4.69) is 35.8 Å². The zero-order valence-electron chi connectivity index (χ0n) is 20.5. The van der Waals surface area contributed by atoms with Gasteiger partial charge in [-0.15, -0.1) is 0 Å². The number of rotatable bonds is 8. The van der Waals surface area contributed by atoms with E-state index in [1.165, 1.54) is 6.07 Å². The van der Waals surface area contributed by atoms with Crippen LogP contribution in [-0.2, 0) is 15.7 Å². The maximum Gasteiger partial charge on any atom is 0.416 e. The average Bonchev–Trinajstić information content (AvgIpc) is 2.87. The van der Waals surface area contributed by atoms with Gasteiger partial charge in [-0.1, -0.05) is 0 Å². The molecule has 1 amide bonds. The Morgan fingerprint density at radius 1 is 1.19 bits per heavy atom. The van der Waals surface area contributed by atoms with Gasteiger partial charge in [0.2, 0.25) is 11.9 Å². The van der Waals surface area contributed by atoms with Crippen LogP contribution in [-0.4, -0.2) is 60.8 Å². The molecule has 0 bridgehead atoms. The molecule has 1 aromatic carbocycles. The first-order chi connectivity index (χ1) is 17.6. The molecule has 0 spiro atoms. The number of aromatic nitrogens is 3. The summed E-state index contributed by atoms with van der Waals surface area (Å²) in [6.07, 6.45) is -2.73. The predicted molar refractivity (Wildman–Crippen MR) is 135 cm³/mol. The van der Waals surface area contributed by atoms with Crippen molar-refractivity contribution < 1.29 is 22.7 Å². The van der Waals surface area contributed by atoms with Crippen molar-refractivity contribution in [3.8, 4) is 0 Å². The van der Waals surface area contributed by atoms with Crippen LogP contribution >= 0.6 is 0 Å². The second-order valence-electron chi connectivity index (χ2n) is 8.71. The molecule has 1 aliphatic rings. The molecule has 3 aromatic rings. The van der Waals surface area contributed by atoms with Crippen LogP contribution in [0.5, 0.6) is 0 Å². The summed E-state index contributed by atoms with van der Waals surface area (Å²) in [5, 5.41) is 9.37. The van der Waals surface area contributed by atoms with Crippen molar-refractivity contribution >= 4 is 40.1 Å². The lowest BCUT2D eigenvalue weighted by Crippen LogP contribution is -2.36. The number of nitrogens with zero attached hydrogens (tertiary/aromatic N) is 4. The Kier molecular flexibility index (Phi) is 7.93. The van der Waals surface area contributed by atoms with Crippen molar-refractivity contribution in [2.24, 2.45) is 0 Å². The highest BCUT2D eigenvalue weighted by Crippen LogP contribution is 2.34. The van der Waals surface area contributed by atoms with Gasteiger partial charge in [-0.25, -0.2) is 9.97 Å². The molecule has 0 radical (unpaired) electrons. The number of carbonyl (C=O) groups excluding carboxylic acids is 1. The van der Waals surface area contributed by atoms with Gasteiger partial charge in [-0.2, -0.15) is 18.2 Å². The predicted octanol–water partition coefficient (Wildman–Crippen LogP) is 3.18. The number of carbonyl (C=O) groups is 1. The normalized spacial score (nSPS) is 15.0. The molecule has 13 heteroatoms. The molecule has 0 aliphatic carbocycles. The highest BCUT2D eigenvalue weighted by atomic mass is 19.4. The molecule has 198 valence electrons. The molecular formula is C24H29F3N8O2. The summed E-state index contributed by atoms with van der Waals surface area (Å²) in [6.45, 7) is 4.67. The number of hydrogen-bond donors (Lipinski definition) is 4. The number of morpholine rings is 1. The summed E-state index contributed by atoms with van der Waals surface area (Å²) in [6, 6.07) is 4.66. The van der Waals surface area contributed by atoms with Crippen molar-refractivity contribution in [2.45, 2.75) is 25.6 Å². The van der Waals surface area contributed by atoms with Crippen LogP contribution in [0.1, 0.15) is 30.5 Å². The number of hydrogen-bond acceptors (Lipinski definition) is 9. The zero-order chi connectivity index (χ0) is 26.6. The fourth-order valence-electron chi connectivity index (χ4n) is 3.96. The molecule has 3 heterocycles. The van der Waals surface area contributed by atoms with Gasteiger partial charge in [0.15, 0.2) is 0 Å². The lowest BCUT2D eigenvalue weighted by Gasteiger charge is -2.28. The Labute approximate surface area is 211 Å². The molecule has 37 heavy (non-hydrogen) atoms. The quantitative estimate of drug-likeness (QED) is 0.332. The summed E-state index contributed by atoms with van der Waals surface area (Å²) in [5.41, 5.74) is 5.74. The zero-order valence-corrected chi connectivity index (χ0v) is 20.5. The van der Waals surface area contributed by atoms with Gasteiger partial charge >= 0.3 is 6.18 Å². The maximum absolute atomic E-state index is 13.4. The van der Waals surface area contributed by atoms with Gasteiger partial charge in [0, 0.05) is 37.1 Å². The first-order valence-corrected chi connectivity index (χ1v) is 11.8. The van der Waals surface area contributed by atoms with Gasteiger partial charge < -0.3 is 26.0 Å². The molecule has 10 nitrogen and oxygen atoms in total. The SMILES string of the molecule is CNCCC(=O)Nc1nc(NC(C)c2cc(N)cc(C(F)(F)F)c2)c2cc(N3CCOCC3)ncc2n1. The summed E-state index contributed by atoms with van der Waals surface area (Å²) < 4.78 is 45.5. The summed E-state index contributed by atoms with van der Waals surface area (Å²) in [5.74, 6) is 0.822. The Balaban J connectivity index is 1.71. The smallest absolute Gasteiger partial charge is 0.399 e. The average molecular weight is 519 g/mol. The molecular weight excluding hydrogens is 489 g/mol. The van der Waals surface area contributed by atoms with Crippen LogP contribution in [0.4, 0.5) is 36.4 Å². The minimum absolute atomic E-state index is 0.00214. The number of nitrogens with two attached hydrogens (primary N) is 1.